The number of rotatable bonds is 5. The van der Waals surface area contributed by atoms with E-state index < -0.39 is 0 Å². The number of likely N-dealkylation sites (tertiary alicyclic amines) is 1. The molecular weight excluding hydrogens is 264 g/mol. The predicted octanol–water partition coefficient (Wildman–Crippen LogP) is 2.26. The van der Waals surface area contributed by atoms with Crippen molar-refractivity contribution in [2.24, 2.45) is 0 Å². The van der Waals surface area contributed by atoms with Crippen LogP contribution in [-0.2, 0) is 0 Å². The van der Waals surface area contributed by atoms with Crippen LogP contribution in [0.3, 0.4) is 0 Å². The third-order valence-electron chi connectivity index (χ3n) is 3.33. The summed E-state index contributed by atoms with van der Waals surface area (Å²) in [6, 6.07) is 4.38. The number of phenols is 1. The second kappa shape index (κ2) is 6.78. The molecule has 1 amide bonds. The first-order chi connectivity index (χ1) is 9.16. The van der Waals surface area contributed by atoms with Gasteiger partial charge in [0.1, 0.15) is 5.75 Å². The molecule has 0 aliphatic carbocycles. The Hall–Kier alpha value is -1.26. The van der Waals surface area contributed by atoms with Gasteiger partial charge in [0.25, 0.3) is 5.91 Å². The number of benzene rings is 1. The first kappa shape index (κ1) is 14.2. The van der Waals surface area contributed by atoms with Crippen LogP contribution in [0.2, 0.25) is 5.02 Å². The van der Waals surface area contributed by atoms with Crippen LogP contribution in [0, 0.1) is 0 Å². The number of carbonyl (C=O) groups is 1. The van der Waals surface area contributed by atoms with Crippen LogP contribution in [0.5, 0.6) is 5.75 Å². The van der Waals surface area contributed by atoms with Gasteiger partial charge in [-0.1, -0.05) is 11.6 Å². The Kier molecular flexibility index (Phi) is 5.05. The summed E-state index contributed by atoms with van der Waals surface area (Å²) in [6.45, 7) is 3.99. The summed E-state index contributed by atoms with van der Waals surface area (Å²) in [5.74, 6) is -0.186. The Morgan fingerprint density at radius 3 is 2.84 bits per heavy atom. The third kappa shape index (κ3) is 4.11. The molecule has 1 aliphatic heterocycles. The number of carbonyl (C=O) groups excluding carboxylic acids is 1. The highest BCUT2D eigenvalue weighted by Gasteiger charge is 2.12. The Labute approximate surface area is 118 Å². The van der Waals surface area contributed by atoms with Gasteiger partial charge in [0, 0.05) is 6.54 Å². The Bertz CT molecular complexity index is 445. The molecule has 1 heterocycles. The fourth-order valence-corrected chi connectivity index (χ4v) is 2.50. The second-order valence-electron chi connectivity index (χ2n) is 4.82. The molecule has 0 bridgehead atoms. The molecule has 1 aromatic rings. The van der Waals surface area contributed by atoms with Crippen molar-refractivity contribution >= 4 is 17.5 Å². The fraction of sp³-hybridized carbons (Fsp3) is 0.500. The molecule has 19 heavy (non-hydrogen) atoms. The van der Waals surface area contributed by atoms with E-state index in [9.17, 15) is 9.90 Å². The van der Waals surface area contributed by atoms with Crippen molar-refractivity contribution in [3.8, 4) is 5.75 Å². The minimum Gasteiger partial charge on any atom is -0.508 e. The molecule has 0 saturated carbocycles. The van der Waals surface area contributed by atoms with Gasteiger partial charge < -0.3 is 15.3 Å². The lowest BCUT2D eigenvalue weighted by Gasteiger charge is -2.14. The number of nitrogens with zero attached hydrogens (tertiary/aromatic N) is 1. The summed E-state index contributed by atoms with van der Waals surface area (Å²) in [6.07, 6.45) is 3.50. The van der Waals surface area contributed by atoms with Gasteiger partial charge in [-0.15, -0.1) is 0 Å². The molecule has 0 aromatic heterocycles. The van der Waals surface area contributed by atoms with Crippen molar-refractivity contribution in [3.63, 3.8) is 0 Å². The zero-order valence-electron chi connectivity index (χ0n) is 10.9. The van der Waals surface area contributed by atoms with E-state index >= 15 is 0 Å². The predicted molar refractivity (Wildman–Crippen MR) is 75.7 cm³/mol. The number of phenolic OH excluding ortho intramolecular Hbond substituents is 1. The smallest absolute Gasteiger partial charge is 0.252 e. The van der Waals surface area contributed by atoms with E-state index in [1.54, 1.807) is 0 Å². The molecule has 1 aromatic carbocycles. The van der Waals surface area contributed by atoms with E-state index in [1.807, 2.05) is 0 Å². The monoisotopic (exact) mass is 282 g/mol. The molecule has 104 valence electrons. The maximum atomic E-state index is 11.9. The highest BCUT2D eigenvalue weighted by molar-refractivity contribution is 6.33. The molecule has 4 nitrogen and oxygen atoms in total. The largest absolute Gasteiger partial charge is 0.508 e. The van der Waals surface area contributed by atoms with Crippen LogP contribution in [-0.4, -0.2) is 42.1 Å². The Balaban J connectivity index is 1.75. The van der Waals surface area contributed by atoms with Gasteiger partial charge in [-0.2, -0.15) is 0 Å². The van der Waals surface area contributed by atoms with Gasteiger partial charge >= 0.3 is 0 Å². The molecule has 0 atom stereocenters. The first-order valence-electron chi connectivity index (χ1n) is 6.66. The normalized spacial score (nSPS) is 15.6. The maximum absolute atomic E-state index is 11.9. The van der Waals surface area contributed by atoms with Crippen LogP contribution < -0.4 is 5.32 Å². The lowest BCUT2D eigenvalue weighted by atomic mass is 10.2. The number of aromatic hydroxyl groups is 1. The van der Waals surface area contributed by atoms with Crippen molar-refractivity contribution in [2.45, 2.75) is 19.3 Å². The topological polar surface area (TPSA) is 52.6 Å². The molecule has 1 saturated heterocycles. The van der Waals surface area contributed by atoms with Crippen LogP contribution in [0.4, 0.5) is 0 Å². The summed E-state index contributed by atoms with van der Waals surface area (Å²) < 4.78 is 0. The zero-order chi connectivity index (χ0) is 13.7. The maximum Gasteiger partial charge on any atom is 0.252 e. The van der Waals surface area contributed by atoms with Crippen molar-refractivity contribution in [3.05, 3.63) is 28.8 Å². The molecule has 2 N–H and O–H groups in total. The molecule has 0 spiro atoms. The Morgan fingerprint density at radius 1 is 1.37 bits per heavy atom. The quantitative estimate of drug-likeness (QED) is 0.815. The number of amides is 1. The van der Waals surface area contributed by atoms with Crippen LogP contribution in [0.1, 0.15) is 29.6 Å². The van der Waals surface area contributed by atoms with Crippen molar-refractivity contribution < 1.29 is 9.90 Å². The van der Waals surface area contributed by atoms with Gasteiger partial charge in [0.15, 0.2) is 0 Å². The van der Waals surface area contributed by atoms with Gasteiger partial charge in [0.2, 0.25) is 0 Å². The minimum atomic E-state index is -0.234. The van der Waals surface area contributed by atoms with E-state index in [-0.39, 0.29) is 11.7 Å². The molecule has 0 radical (unpaired) electrons. The zero-order valence-corrected chi connectivity index (χ0v) is 11.6. The van der Waals surface area contributed by atoms with Crippen molar-refractivity contribution in [1.82, 2.24) is 10.2 Å². The van der Waals surface area contributed by atoms with Crippen LogP contribution in [0.15, 0.2) is 18.2 Å². The minimum absolute atomic E-state index is 0.0478. The van der Waals surface area contributed by atoms with Gasteiger partial charge in [-0.25, -0.2) is 0 Å². The highest BCUT2D eigenvalue weighted by atomic mass is 35.5. The second-order valence-corrected chi connectivity index (χ2v) is 5.23. The lowest BCUT2D eigenvalue weighted by molar-refractivity contribution is 0.0952. The molecular formula is C14H19ClN2O2. The van der Waals surface area contributed by atoms with Gasteiger partial charge in [-0.3, -0.25) is 4.79 Å². The van der Waals surface area contributed by atoms with Crippen LogP contribution >= 0.6 is 11.6 Å². The molecule has 5 heteroatoms. The van der Waals surface area contributed by atoms with Gasteiger partial charge in [-0.05, 0) is 57.1 Å². The standard InChI is InChI=1S/C14H19ClN2O2/c15-13-5-4-11(18)10-12(13)14(19)16-6-3-9-17-7-1-2-8-17/h4-5,10,18H,1-3,6-9H2,(H,16,19). The highest BCUT2D eigenvalue weighted by Crippen LogP contribution is 2.20. The molecule has 1 aliphatic rings. The summed E-state index contributed by atoms with van der Waals surface area (Å²) in [5.41, 5.74) is 0.322. The molecule has 0 unspecified atom stereocenters. The number of nitrogens with one attached hydrogen (secondary N) is 1. The summed E-state index contributed by atoms with van der Waals surface area (Å²) >= 11 is 5.93. The number of halogens is 1. The molecule has 2 rings (SSSR count). The number of hydrogen-bond donors (Lipinski definition) is 2. The van der Waals surface area contributed by atoms with Gasteiger partial charge in [0.05, 0.1) is 10.6 Å². The Morgan fingerprint density at radius 2 is 2.11 bits per heavy atom. The lowest BCUT2D eigenvalue weighted by Crippen LogP contribution is -2.28. The van der Waals surface area contributed by atoms with Crippen molar-refractivity contribution in [2.75, 3.05) is 26.2 Å². The van der Waals surface area contributed by atoms with Crippen LogP contribution in [0.25, 0.3) is 0 Å². The number of hydrogen-bond acceptors (Lipinski definition) is 3. The van der Waals surface area contributed by atoms with E-state index in [4.69, 9.17) is 11.6 Å². The van der Waals surface area contributed by atoms with E-state index in [0.717, 1.165) is 13.0 Å². The SMILES string of the molecule is O=C(NCCCN1CCCC1)c1cc(O)ccc1Cl. The summed E-state index contributed by atoms with van der Waals surface area (Å²) in [5, 5.41) is 12.5. The summed E-state index contributed by atoms with van der Waals surface area (Å²) in [4.78, 5) is 14.3. The fourth-order valence-electron chi connectivity index (χ4n) is 2.29. The average molecular weight is 283 g/mol. The van der Waals surface area contributed by atoms with E-state index in [0.29, 0.717) is 17.1 Å². The average Bonchev–Trinajstić information content (AvgIpc) is 2.90. The molecule has 1 fully saturated rings. The first-order valence-corrected chi connectivity index (χ1v) is 7.03. The third-order valence-corrected chi connectivity index (χ3v) is 3.66. The van der Waals surface area contributed by atoms with E-state index in [2.05, 4.69) is 10.2 Å². The van der Waals surface area contributed by atoms with Crippen molar-refractivity contribution in [1.29, 1.82) is 0 Å². The van der Waals surface area contributed by atoms with E-state index in [1.165, 1.54) is 44.1 Å². The summed E-state index contributed by atoms with van der Waals surface area (Å²) in [7, 11) is 0.